The fraction of sp³-hybridized carbons (Fsp3) is 0.545. The lowest BCUT2D eigenvalue weighted by Gasteiger charge is -2.37. The number of hydrogen-bond donors (Lipinski definition) is 1. The highest BCUT2D eigenvalue weighted by atomic mass is 28.4. The Hall–Kier alpha value is -1.52. The smallest absolute Gasteiger partial charge is 0.250 e. The van der Waals surface area contributed by atoms with Crippen LogP contribution in [0.5, 0.6) is 5.75 Å². The van der Waals surface area contributed by atoms with Crippen LogP contribution >= 0.6 is 0 Å². The van der Waals surface area contributed by atoms with Crippen molar-refractivity contribution >= 4 is 13.9 Å². The van der Waals surface area contributed by atoms with Crippen molar-refractivity contribution in [2.24, 2.45) is 5.73 Å². The number of rotatable bonds is 7. The van der Waals surface area contributed by atoms with E-state index in [1.807, 2.05) is 0 Å². The summed E-state index contributed by atoms with van der Waals surface area (Å²) >= 11 is 0. The molecule has 0 aliphatic carbocycles. The summed E-state index contributed by atoms with van der Waals surface area (Å²) in [5, 5.41) is 0.185. The zero-order chi connectivity index (χ0) is 19.4. The normalized spacial score (nSPS) is 15.2. The molecule has 0 bridgehead atoms. The second-order valence-corrected chi connectivity index (χ2v) is 13.6. The van der Waals surface area contributed by atoms with Crippen molar-refractivity contribution in [3.05, 3.63) is 47.7 Å². The van der Waals surface area contributed by atoms with Crippen LogP contribution in [0.3, 0.4) is 0 Å². The number of allylic oxidation sites excluding steroid dienone is 2. The average molecular weight is 373 g/mol. The molecule has 0 atom stereocenters. The summed E-state index contributed by atoms with van der Waals surface area (Å²) in [7, 11) is -1.87. The van der Waals surface area contributed by atoms with Crippen LogP contribution in [0.15, 0.2) is 36.6 Å². The maximum Gasteiger partial charge on any atom is 0.250 e. The number of aryl methyl sites for hydroxylation is 1. The summed E-state index contributed by atoms with van der Waals surface area (Å²) < 4.78 is 6.67. The molecule has 0 aromatic heterocycles. The van der Waals surface area contributed by atoms with Gasteiger partial charge in [-0.2, -0.15) is 0 Å². The minimum Gasteiger partial charge on any atom is -0.543 e. The lowest BCUT2D eigenvalue weighted by Crippen LogP contribution is -2.44. The highest BCUT2D eigenvalue weighted by Gasteiger charge is 2.39. The van der Waals surface area contributed by atoms with Gasteiger partial charge in [-0.05, 0) is 73.9 Å². The van der Waals surface area contributed by atoms with Crippen molar-refractivity contribution in [1.29, 1.82) is 0 Å². The molecule has 26 heavy (non-hydrogen) atoms. The Morgan fingerprint density at radius 3 is 2.50 bits per heavy atom. The van der Waals surface area contributed by atoms with Crippen LogP contribution in [0.1, 0.15) is 44.7 Å². The van der Waals surface area contributed by atoms with Crippen LogP contribution in [0, 0.1) is 6.92 Å². The lowest BCUT2D eigenvalue weighted by molar-refractivity contribution is 0.399. The standard InChI is InChI=1S/C22H36N2OSi/c1-18-9-10-20(21(17-18)25-26(5,6)22(2,3)4)19-11-15-24(16-12-19)14-8-7-13-23/h9-12,15,17H,7-8,13-14,16,23H2,1-6H3. The van der Waals surface area contributed by atoms with Gasteiger partial charge < -0.3 is 15.1 Å². The van der Waals surface area contributed by atoms with Gasteiger partial charge in [0.15, 0.2) is 0 Å². The van der Waals surface area contributed by atoms with Gasteiger partial charge in [-0.1, -0.05) is 39.0 Å². The second-order valence-electron chi connectivity index (χ2n) is 8.83. The molecule has 0 unspecified atom stereocenters. The Morgan fingerprint density at radius 2 is 1.92 bits per heavy atom. The summed E-state index contributed by atoms with van der Waals surface area (Å²) in [6, 6.07) is 6.58. The molecule has 1 aromatic carbocycles. The van der Waals surface area contributed by atoms with Crippen molar-refractivity contribution in [2.45, 2.75) is 58.7 Å². The Labute approximate surface area is 161 Å². The van der Waals surface area contributed by atoms with E-state index in [-0.39, 0.29) is 5.04 Å². The van der Waals surface area contributed by atoms with Crippen LogP contribution in [-0.4, -0.2) is 32.9 Å². The van der Waals surface area contributed by atoms with Crippen LogP contribution in [0.25, 0.3) is 5.57 Å². The average Bonchev–Trinajstić information content (AvgIpc) is 2.55. The van der Waals surface area contributed by atoms with Gasteiger partial charge in [0.05, 0.1) is 0 Å². The van der Waals surface area contributed by atoms with Crippen molar-refractivity contribution < 1.29 is 4.43 Å². The quantitative estimate of drug-likeness (QED) is 0.519. The summed E-state index contributed by atoms with van der Waals surface area (Å²) in [6.07, 6.45) is 8.97. The van der Waals surface area contributed by atoms with Crippen LogP contribution in [-0.2, 0) is 0 Å². The predicted molar refractivity (Wildman–Crippen MR) is 116 cm³/mol. The molecule has 144 valence electrons. The van der Waals surface area contributed by atoms with Crippen molar-refractivity contribution in [2.75, 3.05) is 19.6 Å². The van der Waals surface area contributed by atoms with E-state index >= 15 is 0 Å². The van der Waals surface area contributed by atoms with E-state index in [0.717, 1.165) is 38.2 Å². The molecule has 1 aliphatic heterocycles. The second kappa shape index (κ2) is 8.44. The minimum atomic E-state index is -1.87. The Balaban J connectivity index is 2.20. The van der Waals surface area contributed by atoms with Gasteiger partial charge in [0, 0.05) is 18.7 Å². The van der Waals surface area contributed by atoms with E-state index in [2.05, 4.69) is 82.2 Å². The molecule has 1 aliphatic rings. The van der Waals surface area contributed by atoms with Crippen LogP contribution in [0.4, 0.5) is 0 Å². The number of benzene rings is 1. The molecule has 2 rings (SSSR count). The molecular weight excluding hydrogens is 336 g/mol. The Kier molecular flexibility index (Phi) is 6.75. The van der Waals surface area contributed by atoms with E-state index in [9.17, 15) is 0 Å². The summed E-state index contributed by atoms with van der Waals surface area (Å²) in [4.78, 5) is 2.35. The van der Waals surface area contributed by atoms with Gasteiger partial charge in [-0.15, -0.1) is 0 Å². The maximum absolute atomic E-state index is 6.67. The predicted octanol–water partition coefficient (Wildman–Crippen LogP) is 5.33. The molecule has 0 saturated heterocycles. The first-order valence-electron chi connectivity index (χ1n) is 9.76. The van der Waals surface area contributed by atoms with E-state index < -0.39 is 8.32 Å². The van der Waals surface area contributed by atoms with Gasteiger partial charge in [0.25, 0.3) is 8.32 Å². The highest BCUT2D eigenvalue weighted by molar-refractivity contribution is 6.74. The fourth-order valence-electron chi connectivity index (χ4n) is 2.74. The molecule has 0 amide bonds. The zero-order valence-electron chi connectivity index (χ0n) is 17.4. The number of hydrogen-bond acceptors (Lipinski definition) is 3. The molecular formula is C22H36N2OSi. The third kappa shape index (κ3) is 5.24. The van der Waals surface area contributed by atoms with Crippen LogP contribution in [0.2, 0.25) is 18.1 Å². The molecule has 1 heterocycles. The number of unbranched alkanes of at least 4 members (excludes halogenated alkanes) is 1. The number of nitrogens with zero attached hydrogens (tertiary/aromatic N) is 1. The molecule has 0 fully saturated rings. The van der Waals surface area contributed by atoms with Crippen molar-refractivity contribution in [3.63, 3.8) is 0 Å². The van der Waals surface area contributed by atoms with Gasteiger partial charge in [-0.25, -0.2) is 0 Å². The lowest BCUT2D eigenvalue weighted by atomic mass is 10.0. The first-order valence-corrected chi connectivity index (χ1v) is 12.7. The first kappa shape index (κ1) is 20.8. The number of nitrogens with two attached hydrogens (primary N) is 1. The topological polar surface area (TPSA) is 38.5 Å². The molecule has 2 N–H and O–H groups in total. The fourth-order valence-corrected chi connectivity index (χ4v) is 3.76. The van der Waals surface area contributed by atoms with E-state index in [1.165, 1.54) is 16.7 Å². The maximum atomic E-state index is 6.67. The Bertz CT molecular complexity index is 671. The SMILES string of the molecule is Cc1ccc(C2=CCN(CCCCN)C=C2)c(O[Si](C)(C)C(C)(C)C)c1. The van der Waals surface area contributed by atoms with Gasteiger partial charge in [0.1, 0.15) is 5.75 Å². The largest absolute Gasteiger partial charge is 0.543 e. The molecule has 3 nitrogen and oxygen atoms in total. The third-order valence-electron chi connectivity index (χ3n) is 5.53. The first-order chi connectivity index (χ1) is 12.1. The summed E-state index contributed by atoms with van der Waals surface area (Å²) in [5.74, 6) is 1.03. The van der Waals surface area contributed by atoms with E-state index in [4.69, 9.17) is 10.2 Å². The minimum absolute atomic E-state index is 0.185. The summed E-state index contributed by atoms with van der Waals surface area (Å²) in [6.45, 7) is 16.4. The molecule has 0 radical (unpaired) electrons. The van der Waals surface area contributed by atoms with Crippen molar-refractivity contribution in [1.82, 2.24) is 4.90 Å². The Morgan fingerprint density at radius 1 is 1.19 bits per heavy atom. The molecule has 0 spiro atoms. The van der Waals surface area contributed by atoms with Crippen molar-refractivity contribution in [3.8, 4) is 5.75 Å². The van der Waals surface area contributed by atoms with Gasteiger partial charge in [-0.3, -0.25) is 0 Å². The highest BCUT2D eigenvalue weighted by Crippen LogP contribution is 2.40. The zero-order valence-corrected chi connectivity index (χ0v) is 18.4. The van der Waals surface area contributed by atoms with Crippen LogP contribution < -0.4 is 10.2 Å². The van der Waals surface area contributed by atoms with E-state index in [1.54, 1.807) is 0 Å². The monoisotopic (exact) mass is 372 g/mol. The summed E-state index contributed by atoms with van der Waals surface area (Å²) in [5.41, 5.74) is 9.30. The van der Waals surface area contributed by atoms with E-state index in [0.29, 0.717) is 0 Å². The molecule has 4 heteroatoms. The molecule has 0 saturated carbocycles. The third-order valence-corrected chi connectivity index (χ3v) is 9.87. The van der Waals surface area contributed by atoms with Gasteiger partial charge in [0.2, 0.25) is 0 Å². The van der Waals surface area contributed by atoms with Gasteiger partial charge >= 0.3 is 0 Å². The molecule has 1 aromatic rings.